The van der Waals surface area contributed by atoms with E-state index in [2.05, 4.69) is 66.5 Å². The Hall–Kier alpha value is -1.76. The van der Waals surface area contributed by atoms with Gasteiger partial charge in [-0.3, -0.25) is 0 Å². The van der Waals surface area contributed by atoms with E-state index in [4.69, 9.17) is 0 Å². The molecule has 0 aromatic heterocycles. The molecule has 3 rings (SSSR count). The first kappa shape index (κ1) is 16.3. The molecule has 1 heteroatoms. The Balaban J connectivity index is 0.000000461. The van der Waals surface area contributed by atoms with Crippen LogP contribution in [-0.4, -0.2) is 13.6 Å². The molecule has 1 heterocycles. The van der Waals surface area contributed by atoms with Gasteiger partial charge in [-0.1, -0.05) is 76.2 Å². The lowest BCUT2D eigenvalue weighted by molar-refractivity contribution is 0.837. The minimum Gasteiger partial charge on any atom is -0.373 e. The van der Waals surface area contributed by atoms with Crippen molar-refractivity contribution < 1.29 is 0 Å². The lowest BCUT2D eigenvalue weighted by atomic mass is 9.93. The summed E-state index contributed by atoms with van der Waals surface area (Å²) in [5.41, 5.74) is 4.24. The topological polar surface area (TPSA) is 3.24 Å². The van der Waals surface area contributed by atoms with Gasteiger partial charge >= 0.3 is 0 Å². The maximum Gasteiger partial charge on any atom is 0.0403 e. The molecule has 2 aromatic carbocycles. The lowest BCUT2D eigenvalue weighted by Crippen LogP contribution is -2.15. The van der Waals surface area contributed by atoms with Crippen molar-refractivity contribution in [2.45, 2.75) is 33.6 Å². The number of likely N-dealkylation sites (N-methyl/N-ethyl adjacent to an activating group) is 1. The number of anilines is 1. The number of hydrogen-bond donors (Lipinski definition) is 0. The average molecular weight is 269 g/mol. The maximum atomic E-state index is 2.34. The summed E-state index contributed by atoms with van der Waals surface area (Å²) in [6.07, 6.45) is 0. The van der Waals surface area contributed by atoms with Crippen molar-refractivity contribution in [2.75, 3.05) is 18.5 Å². The Morgan fingerprint density at radius 2 is 1.35 bits per heavy atom. The van der Waals surface area contributed by atoms with Crippen LogP contribution < -0.4 is 4.90 Å². The van der Waals surface area contributed by atoms with Gasteiger partial charge in [0.05, 0.1) is 0 Å². The predicted molar refractivity (Wildman–Crippen MR) is 90.7 cm³/mol. The highest BCUT2D eigenvalue weighted by atomic mass is 15.1. The van der Waals surface area contributed by atoms with Crippen molar-refractivity contribution >= 4 is 5.69 Å². The first-order valence-corrected chi connectivity index (χ1v) is 7.71. The van der Waals surface area contributed by atoms with Crippen LogP contribution in [0.2, 0.25) is 0 Å². The number of hydrogen-bond acceptors (Lipinski definition) is 1. The van der Waals surface area contributed by atoms with Crippen LogP contribution in [0.15, 0.2) is 54.6 Å². The molecule has 1 aliphatic rings. The molecule has 20 heavy (non-hydrogen) atoms. The Bertz CT molecular complexity index is 490. The van der Waals surface area contributed by atoms with E-state index >= 15 is 0 Å². The molecule has 1 nitrogen and oxygen atoms in total. The Morgan fingerprint density at radius 1 is 0.800 bits per heavy atom. The zero-order valence-electron chi connectivity index (χ0n) is 13.4. The maximum absolute atomic E-state index is 2.34. The lowest BCUT2D eigenvalue weighted by Gasteiger charge is -2.12. The van der Waals surface area contributed by atoms with Crippen molar-refractivity contribution in [1.82, 2.24) is 0 Å². The standard InChI is InChI=1S/C15H15N.2C2H6/c1-16-11-14(12-7-3-2-4-8-12)13-9-5-6-10-15(13)16;2*1-2/h2-10,14H,11H2,1H3;2*1-2H3. The number of fused-ring (bicyclic) bond motifs is 1. The summed E-state index contributed by atoms with van der Waals surface area (Å²) in [4.78, 5) is 2.34. The Morgan fingerprint density at radius 3 is 2.00 bits per heavy atom. The van der Waals surface area contributed by atoms with Crippen LogP contribution in [0, 0.1) is 0 Å². The summed E-state index contributed by atoms with van der Waals surface area (Å²) in [7, 11) is 2.17. The molecule has 0 bridgehead atoms. The Labute approximate surface area is 124 Å². The average Bonchev–Trinajstić information content (AvgIpc) is 2.90. The molecule has 108 valence electrons. The van der Waals surface area contributed by atoms with Gasteiger partial charge in [0.1, 0.15) is 0 Å². The second-order valence-corrected chi connectivity index (χ2v) is 4.40. The molecule has 0 amide bonds. The third kappa shape index (κ3) is 3.41. The summed E-state index contributed by atoms with van der Waals surface area (Å²) in [6.45, 7) is 9.09. The fraction of sp³-hybridized carbons (Fsp3) is 0.368. The molecule has 0 spiro atoms. The summed E-state index contributed by atoms with van der Waals surface area (Å²) in [5.74, 6) is 0.530. The highest BCUT2D eigenvalue weighted by Crippen LogP contribution is 2.38. The van der Waals surface area contributed by atoms with E-state index in [0.717, 1.165) is 6.54 Å². The minimum atomic E-state index is 0.530. The molecule has 1 aliphatic heterocycles. The highest BCUT2D eigenvalue weighted by Gasteiger charge is 2.26. The number of rotatable bonds is 1. The van der Waals surface area contributed by atoms with Gasteiger partial charge in [0.2, 0.25) is 0 Å². The van der Waals surface area contributed by atoms with Crippen LogP contribution in [0.3, 0.4) is 0 Å². The zero-order valence-corrected chi connectivity index (χ0v) is 13.4. The molecule has 0 radical (unpaired) electrons. The van der Waals surface area contributed by atoms with Gasteiger partial charge in [-0.2, -0.15) is 0 Å². The van der Waals surface area contributed by atoms with Gasteiger partial charge in [-0.05, 0) is 17.2 Å². The van der Waals surface area contributed by atoms with E-state index in [9.17, 15) is 0 Å². The molecule has 0 saturated carbocycles. The summed E-state index contributed by atoms with van der Waals surface area (Å²) in [6, 6.07) is 19.5. The molecular formula is C19H27N. The van der Waals surface area contributed by atoms with Gasteiger partial charge in [0.25, 0.3) is 0 Å². The van der Waals surface area contributed by atoms with E-state index in [0.29, 0.717) is 5.92 Å². The molecule has 0 N–H and O–H groups in total. The minimum absolute atomic E-state index is 0.530. The van der Waals surface area contributed by atoms with Crippen molar-refractivity contribution in [1.29, 1.82) is 0 Å². The smallest absolute Gasteiger partial charge is 0.0403 e. The first-order chi connectivity index (χ1) is 9.86. The van der Waals surface area contributed by atoms with Gasteiger partial charge in [-0.15, -0.1) is 0 Å². The van der Waals surface area contributed by atoms with Crippen molar-refractivity contribution in [3.05, 3.63) is 65.7 Å². The van der Waals surface area contributed by atoms with Crippen LogP contribution >= 0.6 is 0 Å². The van der Waals surface area contributed by atoms with Crippen molar-refractivity contribution in [2.24, 2.45) is 0 Å². The van der Waals surface area contributed by atoms with E-state index in [-0.39, 0.29) is 0 Å². The first-order valence-electron chi connectivity index (χ1n) is 7.71. The van der Waals surface area contributed by atoms with E-state index < -0.39 is 0 Å². The molecule has 2 aromatic rings. The summed E-state index contributed by atoms with van der Waals surface area (Å²) in [5, 5.41) is 0. The van der Waals surface area contributed by atoms with E-state index in [1.807, 2.05) is 27.7 Å². The van der Waals surface area contributed by atoms with Crippen LogP contribution in [0.4, 0.5) is 5.69 Å². The fourth-order valence-electron chi connectivity index (χ4n) is 2.57. The molecule has 0 aliphatic carbocycles. The van der Waals surface area contributed by atoms with Crippen LogP contribution in [0.1, 0.15) is 44.7 Å². The predicted octanol–water partition coefficient (Wildman–Crippen LogP) is 5.32. The zero-order chi connectivity index (χ0) is 15.0. The largest absolute Gasteiger partial charge is 0.373 e. The van der Waals surface area contributed by atoms with Crippen LogP contribution in [0.25, 0.3) is 0 Å². The second-order valence-electron chi connectivity index (χ2n) is 4.40. The van der Waals surface area contributed by atoms with Gasteiger partial charge in [0.15, 0.2) is 0 Å². The highest BCUT2D eigenvalue weighted by molar-refractivity contribution is 5.62. The van der Waals surface area contributed by atoms with Gasteiger partial charge < -0.3 is 4.90 Å². The Kier molecular flexibility index (Phi) is 6.86. The molecule has 1 unspecified atom stereocenters. The fourth-order valence-corrected chi connectivity index (χ4v) is 2.57. The van der Waals surface area contributed by atoms with Crippen LogP contribution in [0.5, 0.6) is 0 Å². The molecule has 1 atom stereocenters. The van der Waals surface area contributed by atoms with Crippen molar-refractivity contribution in [3.8, 4) is 0 Å². The number of nitrogens with zero attached hydrogens (tertiary/aromatic N) is 1. The normalized spacial score (nSPS) is 15.4. The van der Waals surface area contributed by atoms with E-state index in [1.165, 1.54) is 16.8 Å². The second kappa shape index (κ2) is 8.42. The number of para-hydroxylation sites is 1. The summed E-state index contributed by atoms with van der Waals surface area (Å²) >= 11 is 0. The van der Waals surface area contributed by atoms with Gasteiger partial charge in [0, 0.05) is 25.2 Å². The molecule has 0 saturated heterocycles. The van der Waals surface area contributed by atoms with Crippen molar-refractivity contribution in [3.63, 3.8) is 0 Å². The van der Waals surface area contributed by atoms with Crippen LogP contribution in [-0.2, 0) is 0 Å². The van der Waals surface area contributed by atoms with E-state index in [1.54, 1.807) is 0 Å². The third-order valence-corrected chi connectivity index (χ3v) is 3.38. The number of benzene rings is 2. The summed E-state index contributed by atoms with van der Waals surface area (Å²) < 4.78 is 0. The van der Waals surface area contributed by atoms with Gasteiger partial charge in [-0.25, -0.2) is 0 Å². The monoisotopic (exact) mass is 269 g/mol. The molecular weight excluding hydrogens is 242 g/mol. The quantitative estimate of drug-likeness (QED) is 0.677. The molecule has 0 fully saturated rings. The third-order valence-electron chi connectivity index (χ3n) is 3.38. The SMILES string of the molecule is CC.CC.CN1CC(c2ccccc2)c2ccccc21.